The van der Waals surface area contributed by atoms with E-state index in [1.165, 1.54) is 17.9 Å². The van der Waals surface area contributed by atoms with Gasteiger partial charge >= 0.3 is 5.69 Å². The van der Waals surface area contributed by atoms with E-state index in [0.717, 1.165) is 21.4 Å². The van der Waals surface area contributed by atoms with Crippen LogP contribution in [0.3, 0.4) is 0 Å². The Balaban J connectivity index is 1.42. The van der Waals surface area contributed by atoms with Crippen LogP contribution in [0.25, 0.3) is 11.2 Å². The van der Waals surface area contributed by atoms with Crippen LogP contribution in [-0.4, -0.2) is 31.7 Å². The van der Waals surface area contributed by atoms with Crippen molar-refractivity contribution in [2.75, 3.05) is 12.4 Å². The van der Waals surface area contributed by atoms with Crippen molar-refractivity contribution in [3.8, 4) is 5.75 Å². The Kier molecular flexibility index (Phi) is 6.62. The third kappa shape index (κ3) is 4.63. The molecule has 2 aromatic carbocycles. The van der Waals surface area contributed by atoms with Gasteiger partial charge in [0.15, 0.2) is 11.2 Å². The average Bonchev–Trinajstić information content (AvgIpc) is 3.26. The molecule has 9 nitrogen and oxygen atoms in total. The molecule has 1 N–H and O–H groups in total. The van der Waals surface area contributed by atoms with Crippen LogP contribution in [0.15, 0.2) is 64.4 Å². The van der Waals surface area contributed by atoms with E-state index in [0.29, 0.717) is 36.2 Å². The standard InChI is InChI=1S/C25H27N5O4/c1-28-23-22(24(32)29(2)25(28)33)30(16-26-23)13-7-10-21(31)27-19-11-12-20(34-3)18(15-19)14-17-8-5-4-6-9-17/h4-6,8-9,11-12,15-16H,7,10,13-14H2,1-3H3,(H,27,31). The van der Waals surface area contributed by atoms with Gasteiger partial charge in [-0.15, -0.1) is 0 Å². The van der Waals surface area contributed by atoms with Crippen LogP contribution in [-0.2, 0) is 31.9 Å². The molecule has 0 atom stereocenters. The summed E-state index contributed by atoms with van der Waals surface area (Å²) in [6, 6.07) is 15.7. The Morgan fingerprint density at radius 2 is 1.82 bits per heavy atom. The molecule has 0 aliphatic carbocycles. The molecular weight excluding hydrogens is 434 g/mol. The normalized spacial score (nSPS) is 11.0. The largest absolute Gasteiger partial charge is 0.496 e. The van der Waals surface area contributed by atoms with Crippen molar-refractivity contribution >= 4 is 22.8 Å². The number of fused-ring (bicyclic) bond motifs is 1. The highest BCUT2D eigenvalue weighted by molar-refractivity contribution is 5.90. The number of hydrogen-bond donors (Lipinski definition) is 1. The number of hydrogen-bond acceptors (Lipinski definition) is 5. The quantitative estimate of drug-likeness (QED) is 0.435. The smallest absolute Gasteiger partial charge is 0.332 e. The maximum atomic E-state index is 12.6. The number of nitrogens with zero attached hydrogens (tertiary/aromatic N) is 4. The van der Waals surface area contributed by atoms with Gasteiger partial charge < -0.3 is 14.6 Å². The molecule has 0 saturated carbocycles. The number of carbonyl (C=O) groups excluding carboxylic acids is 1. The zero-order valence-corrected chi connectivity index (χ0v) is 19.4. The molecule has 0 spiro atoms. The van der Waals surface area contributed by atoms with Gasteiger partial charge in [0.1, 0.15) is 5.75 Å². The molecule has 1 amide bonds. The maximum Gasteiger partial charge on any atom is 0.332 e. The van der Waals surface area contributed by atoms with Crippen LogP contribution in [0.4, 0.5) is 5.69 Å². The fourth-order valence-electron chi connectivity index (χ4n) is 4.01. The van der Waals surface area contributed by atoms with Gasteiger partial charge in [-0.05, 0) is 30.2 Å². The summed E-state index contributed by atoms with van der Waals surface area (Å²) in [5, 5.41) is 2.94. The van der Waals surface area contributed by atoms with Crippen LogP contribution < -0.4 is 21.3 Å². The minimum absolute atomic E-state index is 0.124. The summed E-state index contributed by atoms with van der Waals surface area (Å²) < 4.78 is 9.58. The molecule has 2 aromatic heterocycles. The van der Waals surface area contributed by atoms with Gasteiger partial charge in [0.2, 0.25) is 5.91 Å². The van der Waals surface area contributed by atoms with Crippen LogP contribution >= 0.6 is 0 Å². The first-order valence-corrected chi connectivity index (χ1v) is 11.0. The SMILES string of the molecule is COc1ccc(NC(=O)CCCn2cnc3c2c(=O)n(C)c(=O)n3C)cc1Cc1ccccc1. The number of carbonyl (C=O) groups is 1. The van der Waals surface area contributed by atoms with Crippen LogP contribution in [0.1, 0.15) is 24.0 Å². The number of imidazole rings is 1. The summed E-state index contributed by atoms with van der Waals surface area (Å²) in [5.74, 6) is 0.644. The Morgan fingerprint density at radius 3 is 2.56 bits per heavy atom. The summed E-state index contributed by atoms with van der Waals surface area (Å²) >= 11 is 0. The van der Waals surface area contributed by atoms with Crippen LogP contribution in [0.5, 0.6) is 5.75 Å². The summed E-state index contributed by atoms with van der Waals surface area (Å²) in [5.41, 5.74) is 2.71. The van der Waals surface area contributed by atoms with Crippen LogP contribution in [0.2, 0.25) is 0 Å². The predicted molar refractivity (Wildman–Crippen MR) is 130 cm³/mol. The highest BCUT2D eigenvalue weighted by atomic mass is 16.5. The van der Waals surface area contributed by atoms with Crippen molar-refractivity contribution in [3.63, 3.8) is 0 Å². The fraction of sp³-hybridized carbons (Fsp3) is 0.280. The monoisotopic (exact) mass is 461 g/mol. The summed E-state index contributed by atoms with van der Waals surface area (Å²) in [6.07, 6.45) is 3.00. The lowest BCUT2D eigenvalue weighted by Crippen LogP contribution is -2.37. The van der Waals surface area contributed by atoms with Crippen LogP contribution in [0, 0.1) is 0 Å². The third-order valence-corrected chi connectivity index (χ3v) is 5.82. The van der Waals surface area contributed by atoms with Gasteiger partial charge in [-0.2, -0.15) is 0 Å². The van der Waals surface area contributed by atoms with Crippen molar-refractivity contribution in [2.24, 2.45) is 14.1 Å². The lowest BCUT2D eigenvalue weighted by atomic mass is 10.0. The summed E-state index contributed by atoms with van der Waals surface area (Å²) in [4.78, 5) is 41.4. The van der Waals surface area contributed by atoms with Crippen molar-refractivity contribution in [1.29, 1.82) is 0 Å². The zero-order valence-electron chi connectivity index (χ0n) is 19.4. The van der Waals surface area contributed by atoms with E-state index >= 15 is 0 Å². The molecule has 0 saturated heterocycles. The third-order valence-electron chi connectivity index (χ3n) is 5.82. The van der Waals surface area contributed by atoms with E-state index in [1.807, 2.05) is 36.4 Å². The number of rotatable bonds is 8. The van der Waals surface area contributed by atoms with E-state index in [-0.39, 0.29) is 12.3 Å². The van der Waals surface area contributed by atoms with E-state index in [4.69, 9.17) is 4.74 Å². The number of amides is 1. The van der Waals surface area contributed by atoms with E-state index in [1.54, 1.807) is 18.7 Å². The van der Waals surface area contributed by atoms with E-state index in [2.05, 4.69) is 22.4 Å². The Labute approximate surface area is 196 Å². The highest BCUT2D eigenvalue weighted by Crippen LogP contribution is 2.25. The number of aromatic nitrogens is 4. The molecule has 0 bridgehead atoms. The van der Waals surface area contributed by atoms with Gasteiger partial charge in [0, 0.05) is 44.7 Å². The molecule has 9 heteroatoms. The zero-order chi connectivity index (χ0) is 24.2. The molecule has 4 aromatic rings. The molecule has 0 aliphatic heterocycles. The van der Waals surface area contributed by atoms with Gasteiger partial charge in [0.25, 0.3) is 5.56 Å². The molecular formula is C25H27N5O4. The molecule has 0 fully saturated rings. The van der Waals surface area contributed by atoms with Crippen molar-refractivity contribution in [1.82, 2.24) is 18.7 Å². The molecule has 4 rings (SSSR count). The van der Waals surface area contributed by atoms with Crippen molar-refractivity contribution in [2.45, 2.75) is 25.8 Å². The molecule has 34 heavy (non-hydrogen) atoms. The van der Waals surface area contributed by atoms with Gasteiger partial charge in [-0.1, -0.05) is 30.3 Å². The molecule has 0 unspecified atom stereocenters. The number of methoxy groups -OCH3 is 1. The number of benzene rings is 2. The number of aryl methyl sites for hydroxylation is 2. The topological polar surface area (TPSA) is 100 Å². The second kappa shape index (κ2) is 9.78. The number of nitrogens with one attached hydrogen (secondary N) is 1. The first-order chi connectivity index (χ1) is 16.4. The van der Waals surface area contributed by atoms with Gasteiger partial charge in [0.05, 0.1) is 13.4 Å². The summed E-state index contributed by atoms with van der Waals surface area (Å²) in [6.45, 7) is 0.430. The average molecular weight is 462 g/mol. The highest BCUT2D eigenvalue weighted by Gasteiger charge is 2.14. The Hall–Kier alpha value is -4.14. The molecule has 0 radical (unpaired) electrons. The Bertz CT molecular complexity index is 1450. The van der Waals surface area contributed by atoms with E-state index in [9.17, 15) is 14.4 Å². The number of ether oxygens (including phenoxy) is 1. The predicted octanol–water partition coefficient (Wildman–Crippen LogP) is 2.45. The van der Waals surface area contributed by atoms with Gasteiger partial charge in [-0.3, -0.25) is 18.7 Å². The first kappa shape index (κ1) is 23.0. The molecule has 176 valence electrons. The fourth-order valence-corrected chi connectivity index (χ4v) is 4.01. The van der Waals surface area contributed by atoms with Crippen molar-refractivity contribution < 1.29 is 9.53 Å². The lowest BCUT2D eigenvalue weighted by molar-refractivity contribution is -0.116. The minimum atomic E-state index is -0.423. The lowest BCUT2D eigenvalue weighted by Gasteiger charge is -2.12. The van der Waals surface area contributed by atoms with E-state index < -0.39 is 11.2 Å². The molecule has 2 heterocycles. The van der Waals surface area contributed by atoms with Crippen molar-refractivity contribution in [3.05, 3.63) is 86.8 Å². The second-order valence-electron chi connectivity index (χ2n) is 8.16. The van der Waals surface area contributed by atoms with Gasteiger partial charge in [-0.25, -0.2) is 9.78 Å². The first-order valence-electron chi connectivity index (χ1n) is 11.0. The summed E-state index contributed by atoms with van der Waals surface area (Å²) in [7, 11) is 4.65. The Morgan fingerprint density at radius 1 is 1.06 bits per heavy atom. The number of anilines is 1. The minimum Gasteiger partial charge on any atom is -0.496 e. The molecule has 0 aliphatic rings. The second-order valence-corrected chi connectivity index (χ2v) is 8.16. The maximum absolute atomic E-state index is 12.6.